The number of alkyl halides is 3. The van der Waals surface area contributed by atoms with Gasteiger partial charge in [0.25, 0.3) is 0 Å². The number of rotatable bonds is 7. The molecule has 0 saturated carbocycles. The van der Waals surface area contributed by atoms with Crippen molar-refractivity contribution >= 4 is 0 Å². The van der Waals surface area contributed by atoms with Gasteiger partial charge in [-0.15, -0.1) is 0 Å². The van der Waals surface area contributed by atoms with E-state index in [0.717, 1.165) is 0 Å². The summed E-state index contributed by atoms with van der Waals surface area (Å²) in [5.41, 5.74) is 5.16. The van der Waals surface area contributed by atoms with E-state index in [0.29, 0.717) is 26.3 Å². The summed E-state index contributed by atoms with van der Waals surface area (Å²) in [5.74, 6) is 0. The van der Waals surface area contributed by atoms with Crippen molar-refractivity contribution in [1.29, 1.82) is 0 Å². The summed E-state index contributed by atoms with van der Waals surface area (Å²) in [5, 5.41) is 0. The summed E-state index contributed by atoms with van der Waals surface area (Å²) < 4.78 is 40.9. The molecular weight excluding hydrogens is 197 g/mol. The molecular formula is C8H17F3N2O. The molecule has 0 saturated heterocycles. The van der Waals surface area contributed by atoms with E-state index in [4.69, 9.17) is 10.5 Å². The minimum absolute atomic E-state index is 0.288. The standard InChI is InChI=1S/C8H17F3N2O/c1-2-13(7-8(9,10)11)4-6-14-5-3-12/h2-7,12H2,1H3. The fourth-order valence-corrected chi connectivity index (χ4v) is 0.982. The molecule has 3 nitrogen and oxygen atoms in total. The predicted molar refractivity (Wildman–Crippen MR) is 48.0 cm³/mol. The molecule has 0 heterocycles. The van der Waals surface area contributed by atoms with E-state index in [1.54, 1.807) is 6.92 Å². The van der Waals surface area contributed by atoms with Crippen molar-refractivity contribution in [2.45, 2.75) is 13.1 Å². The Morgan fingerprint density at radius 2 is 1.93 bits per heavy atom. The molecule has 2 N–H and O–H groups in total. The Balaban J connectivity index is 3.58. The Bertz CT molecular complexity index is 141. The second-order valence-corrected chi connectivity index (χ2v) is 2.88. The highest BCUT2D eigenvalue weighted by Gasteiger charge is 2.29. The quantitative estimate of drug-likeness (QED) is 0.638. The first kappa shape index (κ1) is 13.7. The summed E-state index contributed by atoms with van der Waals surface area (Å²) >= 11 is 0. The van der Waals surface area contributed by atoms with Crippen molar-refractivity contribution in [3.63, 3.8) is 0 Å². The van der Waals surface area contributed by atoms with Crippen molar-refractivity contribution < 1.29 is 17.9 Å². The first-order valence-corrected chi connectivity index (χ1v) is 4.56. The van der Waals surface area contributed by atoms with Gasteiger partial charge in [-0.1, -0.05) is 6.92 Å². The van der Waals surface area contributed by atoms with Gasteiger partial charge in [-0.2, -0.15) is 13.2 Å². The van der Waals surface area contributed by atoms with Gasteiger partial charge in [0.15, 0.2) is 0 Å². The Kier molecular flexibility index (Phi) is 6.86. The minimum atomic E-state index is -4.14. The van der Waals surface area contributed by atoms with E-state index in [1.165, 1.54) is 4.90 Å². The van der Waals surface area contributed by atoms with Crippen molar-refractivity contribution in [2.75, 3.05) is 39.4 Å². The van der Waals surface area contributed by atoms with Gasteiger partial charge >= 0.3 is 6.18 Å². The van der Waals surface area contributed by atoms with E-state index in [9.17, 15) is 13.2 Å². The van der Waals surface area contributed by atoms with Crippen molar-refractivity contribution in [3.05, 3.63) is 0 Å². The molecule has 0 amide bonds. The molecule has 0 fully saturated rings. The first-order valence-electron chi connectivity index (χ1n) is 4.56. The molecule has 6 heteroatoms. The van der Waals surface area contributed by atoms with Crippen LogP contribution in [0.1, 0.15) is 6.92 Å². The lowest BCUT2D eigenvalue weighted by atomic mass is 10.4. The highest BCUT2D eigenvalue weighted by atomic mass is 19.4. The Hall–Kier alpha value is -0.330. The van der Waals surface area contributed by atoms with Gasteiger partial charge in [0.2, 0.25) is 0 Å². The summed E-state index contributed by atoms with van der Waals surface area (Å²) in [6.45, 7) is 2.54. The SMILES string of the molecule is CCN(CCOCCN)CC(F)(F)F. The highest BCUT2D eigenvalue weighted by molar-refractivity contribution is 4.61. The monoisotopic (exact) mass is 214 g/mol. The maximum atomic E-state index is 12.0. The number of nitrogens with two attached hydrogens (primary N) is 1. The van der Waals surface area contributed by atoms with Gasteiger partial charge < -0.3 is 10.5 Å². The van der Waals surface area contributed by atoms with Crippen LogP contribution in [-0.2, 0) is 4.74 Å². The van der Waals surface area contributed by atoms with Gasteiger partial charge in [0.05, 0.1) is 19.8 Å². The highest BCUT2D eigenvalue weighted by Crippen LogP contribution is 2.15. The van der Waals surface area contributed by atoms with Gasteiger partial charge in [-0.05, 0) is 6.54 Å². The van der Waals surface area contributed by atoms with Crippen LogP contribution < -0.4 is 5.73 Å². The lowest BCUT2D eigenvalue weighted by molar-refractivity contribution is -0.146. The van der Waals surface area contributed by atoms with Crippen LogP contribution in [0.2, 0.25) is 0 Å². The summed E-state index contributed by atoms with van der Waals surface area (Å²) in [7, 11) is 0. The summed E-state index contributed by atoms with van der Waals surface area (Å²) in [6, 6.07) is 0. The second kappa shape index (κ2) is 7.03. The number of nitrogens with zero attached hydrogens (tertiary/aromatic N) is 1. The second-order valence-electron chi connectivity index (χ2n) is 2.88. The number of likely N-dealkylation sites (N-methyl/N-ethyl adjacent to an activating group) is 1. The molecule has 0 radical (unpaired) electrons. The van der Waals surface area contributed by atoms with Gasteiger partial charge in [-0.3, -0.25) is 4.90 Å². The van der Waals surface area contributed by atoms with Crippen LogP contribution in [-0.4, -0.2) is 50.5 Å². The van der Waals surface area contributed by atoms with Crippen LogP contribution in [0.3, 0.4) is 0 Å². The fraction of sp³-hybridized carbons (Fsp3) is 1.00. The van der Waals surface area contributed by atoms with Crippen molar-refractivity contribution in [3.8, 4) is 0 Å². The van der Waals surface area contributed by atoms with Crippen molar-refractivity contribution in [2.24, 2.45) is 5.73 Å². The van der Waals surface area contributed by atoms with Crippen LogP contribution in [0.15, 0.2) is 0 Å². The van der Waals surface area contributed by atoms with E-state index in [1.807, 2.05) is 0 Å². The smallest absolute Gasteiger partial charge is 0.379 e. The first-order chi connectivity index (χ1) is 6.49. The zero-order valence-corrected chi connectivity index (χ0v) is 8.31. The molecule has 0 unspecified atom stereocenters. The van der Waals surface area contributed by atoms with E-state index in [-0.39, 0.29) is 6.54 Å². The average molecular weight is 214 g/mol. The summed E-state index contributed by atoms with van der Waals surface area (Å²) in [4.78, 5) is 1.29. The van der Waals surface area contributed by atoms with Gasteiger partial charge in [0, 0.05) is 13.1 Å². The molecule has 86 valence electrons. The van der Waals surface area contributed by atoms with E-state index < -0.39 is 12.7 Å². The number of ether oxygens (including phenoxy) is 1. The van der Waals surface area contributed by atoms with Crippen LogP contribution in [0.5, 0.6) is 0 Å². The molecule has 0 rings (SSSR count). The molecule has 0 spiro atoms. The molecule has 0 aliphatic carbocycles. The van der Waals surface area contributed by atoms with Gasteiger partial charge in [-0.25, -0.2) is 0 Å². The molecule has 0 aromatic carbocycles. The Labute approximate surface area is 82.0 Å². The molecule has 0 aromatic heterocycles. The lowest BCUT2D eigenvalue weighted by Gasteiger charge is -2.21. The maximum Gasteiger partial charge on any atom is 0.401 e. The normalized spacial score (nSPS) is 12.4. The molecule has 0 bridgehead atoms. The largest absolute Gasteiger partial charge is 0.401 e. The summed E-state index contributed by atoms with van der Waals surface area (Å²) in [6.07, 6.45) is -4.14. The Morgan fingerprint density at radius 1 is 1.29 bits per heavy atom. The molecule has 14 heavy (non-hydrogen) atoms. The van der Waals surface area contributed by atoms with E-state index in [2.05, 4.69) is 0 Å². The Morgan fingerprint density at radius 3 is 2.36 bits per heavy atom. The predicted octanol–water partition coefficient (Wildman–Crippen LogP) is 0.846. The lowest BCUT2D eigenvalue weighted by Crippen LogP contribution is -2.36. The topological polar surface area (TPSA) is 38.5 Å². The maximum absolute atomic E-state index is 12.0. The third-order valence-electron chi connectivity index (χ3n) is 1.66. The van der Waals surface area contributed by atoms with Crippen LogP contribution in [0.4, 0.5) is 13.2 Å². The molecule has 0 atom stereocenters. The number of hydrogen-bond donors (Lipinski definition) is 1. The van der Waals surface area contributed by atoms with Crippen LogP contribution >= 0.6 is 0 Å². The fourth-order valence-electron chi connectivity index (χ4n) is 0.982. The minimum Gasteiger partial charge on any atom is -0.379 e. The average Bonchev–Trinajstić information content (AvgIpc) is 2.08. The number of hydrogen-bond acceptors (Lipinski definition) is 3. The van der Waals surface area contributed by atoms with Crippen molar-refractivity contribution in [1.82, 2.24) is 4.90 Å². The number of halogens is 3. The van der Waals surface area contributed by atoms with Crippen LogP contribution in [0.25, 0.3) is 0 Å². The van der Waals surface area contributed by atoms with Gasteiger partial charge in [0.1, 0.15) is 0 Å². The zero-order valence-electron chi connectivity index (χ0n) is 8.31. The van der Waals surface area contributed by atoms with E-state index >= 15 is 0 Å². The molecule has 0 aliphatic rings. The molecule has 0 aromatic rings. The third kappa shape index (κ3) is 8.28. The zero-order chi connectivity index (χ0) is 11.0. The van der Waals surface area contributed by atoms with Crippen LogP contribution in [0, 0.1) is 0 Å². The molecule has 0 aliphatic heterocycles. The third-order valence-corrected chi connectivity index (χ3v) is 1.66.